The van der Waals surface area contributed by atoms with Crippen molar-refractivity contribution in [2.24, 2.45) is 0 Å². The van der Waals surface area contributed by atoms with Crippen LogP contribution in [0.3, 0.4) is 0 Å². The Morgan fingerprint density at radius 3 is 2.60 bits per heavy atom. The second kappa shape index (κ2) is 10.5. The monoisotopic (exact) mass is 302 g/mol. The lowest BCUT2D eigenvalue weighted by atomic mass is 10.3. The second-order valence-corrected chi connectivity index (χ2v) is 5.14. The molecule has 0 unspecified atom stereocenters. The first-order valence-electron chi connectivity index (χ1n) is 6.18. The Balaban J connectivity index is 4.03. The van der Waals surface area contributed by atoms with E-state index in [4.69, 9.17) is 10.2 Å². The molecule has 20 heavy (non-hydrogen) atoms. The number of amides is 2. The van der Waals surface area contributed by atoms with Gasteiger partial charge >= 0.3 is 0 Å². The van der Waals surface area contributed by atoms with Crippen molar-refractivity contribution in [3.05, 3.63) is 24.4 Å². The van der Waals surface area contributed by atoms with Gasteiger partial charge in [-0.3, -0.25) is 9.59 Å². The third-order valence-corrected chi connectivity index (χ3v) is 3.13. The molecule has 0 aliphatic rings. The molecule has 0 aliphatic carbocycles. The number of rotatable bonds is 9. The van der Waals surface area contributed by atoms with Crippen LogP contribution in [-0.2, 0) is 9.59 Å². The standard InChI is InChI=1S/C13H22N2O4S/c1-4-6-15(13(19)10(2)3)7-5-14-11(16)8-20-9-12(17)18/h4,6,12,17-18H,2,5,7-9H2,1,3H3,(H,14,16)/b6-4-. The number of carbonyl (C=O) groups is 2. The summed E-state index contributed by atoms with van der Waals surface area (Å²) in [6, 6.07) is 0. The van der Waals surface area contributed by atoms with Gasteiger partial charge in [-0.1, -0.05) is 12.7 Å². The molecule has 0 aromatic carbocycles. The molecule has 0 atom stereocenters. The molecule has 0 spiro atoms. The molecule has 2 amide bonds. The summed E-state index contributed by atoms with van der Waals surface area (Å²) in [7, 11) is 0. The van der Waals surface area contributed by atoms with Crippen molar-refractivity contribution in [3.63, 3.8) is 0 Å². The van der Waals surface area contributed by atoms with E-state index in [9.17, 15) is 9.59 Å². The lowest BCUT2D eigenvalue weighted by Gasteiger charge is -2.18. The average Bonchev–Trinajstić information content (AvgIpc) is 2.36. The number of nitrogens with one attached hydrogen (secondary N) is 1. The highest BCUT2D eigenvalue weighted by molar-refractivity contribution is 7.99. The molecule has 3 N–H and O–H groups in total. The molecule has 0 heterocycles. The van der Waals surface area contributed by atoms with Crippen LogP contribution in [0, 0.1) is 0 Å². The third kappa shape index (κ3) is 8.73. The predicted molar refractivity (Wildman–Crippen MR) is 79.9 cm³/mol. The van der Waals surface area contributed by atoms with E-state index >= 15 is 0 Å². The number of aliphatic hydroxyl groups excluding tert-OH is 1. The van der Waals surface area contributed by atoms with Gasteiger partial charge in [-0.15, -0.1) is 11.8 Å². The topological polar surface area (TPSA) is 89.9 Å². The highest BCUT2D eigenvalue weighted by Crippen LogP contribution is 2.01. The molecule has 7 heteroatoms. The summed E-state index contributed by atoms with van der Waals surface area (Å²) in [4.78, 5) is 24.7. The van der Waals surface area contributed by atoms with Gasteiger partial charge in [-0.25, -0.2) is 0 Å². The maximum Gasteiger partial charge on any atom is 0.252 e. The molecular weight excluding hydrogens is 280 g/mol. The Labute approximate surface area is 123 Å². The zero-order chi connectivity index (χ0) is 15.5. The van der Waals surface area contributed by atoms with E-state index in [2.05, 4.69) is 11.9 Å². The molecule has 0 radical (unpaired) electrons. The summed E-state index contributed by atoms with van der Waals surface area (Å²) in [5.74, 6) is -0.156. The minimum Gasteiger partial charge on any atom is -0.367 e. The highest BCUT2D eigenvalue weighted by atomic mass is 32.2. The summed E-state index contributed by atoms with van der Waals surface area (Å²) in [5, 5.41) is 19.9. The zero-order valence-corrected chi connectivity index (χ0v) is 12.7. The summed E-state index contributed by atoms with van der Waals surface area (Å²) < 4.78 is 0. The molecule has 0 aromatic rings. The quantitative estimate of drug-likeness (QED) is 0.415. The van der Waals surface area contributed by atoms with Crippen LogP contribution in [0.1, 0.15) is 13.8 Å². The van der Waals surface area contributed by atoms with Gasteiger partial charge in [0.25, 0.3) is 5.91 Å². The van der Waals surface area contributed by atoms with Crippen LogP contribution in [-0.4, -0.2) is 57.8 Å². The lowest BCUT2D eigenvalue weighted by Crippen LogP contribution is -2.36. The number of nitrogens with zero attached hydrogens (tertiary/aromatic N) is 1. The summed E-state index contributed by atoms with van der Waals surface area (Å²) in [6.07, 6.45) is 1.97. The molecule has 0 aliphatic heterocycles. The fourth-order valence-electron chi connectivity index (χ4n) is 1.29. The van der Waals surface area contributed by atoms with Crippen LogP contribution in [0.5, 0.6) is 0 Å². The second-order valence-electron chi connectivity index (χ2n) is 4.11. The lowest BCUT2D eigenvalue weighted by molar-refractivity contribution is -0.125. The number of allylic oxidation sites excluding steroid dienone is 1. The van der Waals surface area contributed by atoms with Crippen LogP contribution in [0.15, 0.2) is 24.4 Å². The number of carbonyl (C=O) groups excluding carboxylic acids is 2. The van der Waals surface area contributed by atoms with E-state index in [0.717, 1.165) is 11.8 Å². The first-order valence-corrected chi connectivity index (χ1v) is 7.33. The molecular formula is C13H22N2O4S. The van der Waals surface area contributed by atoms with E-state index in [1.165, 1.54) is 4.90 Å². The molecule has 0 saturated carbocycles. The van der Waals surface area contributed by atoms with Crippen LogP contribution >= 0.6 is 11.8 Å². The van der Waals surface area contributed by atoms with Gasteiger partial charge in [0.15, 0.2) is 6.29 Å². The number of hydrogen-bond donors (Lipinski definition) is 3. The number of aliphatic hydroxyl groups is 2. The van der Waals surface area contributed by atoms with E-state index in [0.29, 0.717) is 18.7 Å². The zero-order valence-electron chi connectivity index (χ0n) is 11.8. The van der Waals surface area contributed by atoms with Gasteiger partial charge in [0.2, 0.25) is 5.91 Å². The van der Waals surface area contributed by atoms with E-state index in [-0.39, 0.29) is 23.3 Å². The van der Waals surface area contributed by atoms with Crippen molar-refractivity contribution in [3.8, 4) is 0 Å². The van der Waals surface area contributed by atoms with Crippen LogP contribution in [0.2, 0.25) is 0 Å². The molecule has 114 valence electrons. The van der Waals surface area contributed by atoms with Gasteiger partial charge in [-0.05, 0) is 13.8 Å². The van der Waals surface area contributed by atoms with E-state index in [1.54, 1.807) is 26.1 Å². The van der Waals surface area contributed by atoms with Gasteiger partial charge in [0.1, 0.15) is 0 Å². The van der Waals surface area contributed by atoms with Crippen LogP contribution in [0.4, 0.5) is 0 Å². The molecule has 6 nitrogen and oxygen atoms in total. The molecule has 0 rings (SSSR count). The molecule has 0 fully saturated rings. The van der Waals surface area contributed by atoms with Gasteiger partial charge in [0, 0.05) is 30.6 Å². The van der Waals surface area contributed by atoms with Crippen molar-refractivity contribution in [2.45, 2.75) is 20.1 Å². The van der Waals surface area contributed by atoms with Crippen molar-refractivity contribution in [1.29, 1.82) is 0 Å². The Bertz CT molecular complexity index is 369. The first-order chi connectivity index (χ1) is 9.38. The highest BCUT2D eigenvalue weighted by Gasteiger charge is 2.11. The van der Waals surface area contributed by atoms with Gasteiger partial charge < -0.3 is 20.4 Å². The van der Waals surface area contributed by atoms with Crippen molar-refractivity contribution in [2.75, 3.05) is 24.6 Å². The normalized spacial score (nSPS) is 10.8. The summed E-state index contributed by atoms with van der Waals surface area (Å²) >= 11 is 1.13. The fourth-order valence-corrected chi connectivity index (χ4v) is 1.91. The molecule has 0 aromatic heterocycles. The average molecular weight is 302 g/mol. The Morgan fingerprint density at radius 2 is 2.10 bits per heavy atom. The van der Waals surface area contributed by atoms with Crippen LogP contribution < -0.4 is 5.32 Å². The Hall–Kier alpha value is -1.31. The smallest absolute Gasteiger partial charge is 0.252 e. The SMILES string of the molecule is C=C(C)C(=O)N(/C=C\C)CCNC(=O)CSCC(O)O. The van der Waals surface area contributed by atoms with Gasteiger partial charge in [-0.2, -0.15) is 0 Å². The van der Waals surface area contributed by atoms with Crippen molar-refractivity contribution >= 4 is 23.6 Å². The largest absolute Gasteiger partial charge is 0.367 e. The maximum absolute atomic E-state index is 11.8. The summed E-state index contributed by atoms with van der Waals surface area (Å²) in [6.45, 7) is 7.71. The van der Waals surface area contributed by atoms with Crippen molar-refractivity contribution < 1.29 is 19.8 Å². The van der Waals surface area contributed by atoms with Crippen molar-refractivity contribution in [1.82, 2.24) is 10.2 Å². The van der Waals surface area contributed by atoms with Gasteiger partial charge in [0.05, 0.1) is 5.75 Å². The Morgan fingerprint density at radius 1 is 1.45 bits per heavy atom. The molecule has 0 saturated heterocycles. The number of hydrogen-bond acceptors (Lipinski definition) is 5. The molecule has 0 bridgehead atoms. The van der Waals surface area contributed by atoms with E-state index in [1.807, 2.05) is 0 Å². The third-order valence-electron chi connectivity index (χ3n) is 2.13. The number of thioether (sulfide) groups is 1. The maximum atomic E-state index is 11.8. The first kappa shape index (κ1) is 18.7. The van der Waals surface area contributed by atoms with Crippen LogP contribution in [0.25, 0.3) is 0 Å². The van der Waals surface area contributed by atoms with E-state index < -0.39 is 6.29 Å². The fraction of sp³-hybridized carbons (Fsp3) is 0.538. The minimum atomic E-state index is -1.41. The Kier molecular flexibility index (Phi) is 9.79. The minimum absolute atomic E-state index is 0.0895. The predicted octanol–water partition coefficient (Wildman–Crippen LogP) is 0.0848. The summed E-state index contributed by atoms with van der Waals surface area (Å²) in [5.41, 5.74) is 0.432.